The van der Waals surface area contributed by atoms with E-state index in [1.165, 1.54) is 128 Å². The van der Waals surface area contributed by atoms with Gasteiger partial charge in [-0.05, 0) is 24.7 Å². The van der Waals surface area contributed by atoms with Crippen molar-refractivity contribution in [2.24, 2.45) is 17.3 Å². The second kappa shape index (κ2) is 30.2. The van der Waals surface area contributed by atoms with Gasteiger partial charge >= 0.3 is 11.9 Å². The Morgan fingerprint density at radius 1 is 0.422 bits per heavy atom. The molecule has 0 amide bonds. The lowest BCUT2D eigenvalue weighted by atomic mass is 9.73. The van der Waals surface area contributed by atoms with Crippen LogP contribution in [0.25, 0.3) is 0 Å². The van der Waals surface area contributed by atoms with Gasteiger partial charge in [-0.2, -0.15) is 0 Å². The van der Waals surface area contributed by atoms with Crippen LogP contribution in [-0.2, 0) is 9.59 Å². The number of aliphatic hydroxyl groups excluding tert-OH is 1. The van der Waals surface area contributed by atoms with Gasteiger partial charge in [0.15, 0.2) is 6.10 Å². The Balaban J connectivity index is 4.02. The zero-order chi connectivity index (χ0) is 33.6. The fourth-order valence-corrected chi connectivity index (χ4v) is 6.84. The average Bonchev–Trinajstić information content (AvgIpc) is 2.99. The summed E-state index contributed by atoms with van der Waals surface area (Å²) in [6.07, 6.45) is 32.8. The van der Waals surface area contributed by atoms with E-state index in [9.17, 15) is 24.9 Å². The molecular formula is C40H78O5. The first-order valence-electron chi connectivity index (χ1n) is 19.8. The second-order valence-electron chi connectivity index (χ2n) is 15.3. The van der Waals surface area contributed by atoms with E-state index in [1.807, 2.05) is 0 Å². The molecule has 268 valence electrons. The van der Waals surface area contributed by atoms with Crippen LogP contribution in [0, 0.1) is 17.3 Å². The van der Waals surface area contributed by atoms with Crippen molar-refractivity contribution in [2.45, 2.75) is 226 Å². The largest absolute Gasteiger partial charge is 0.481 e. The lowest BCUT2D eigenvalue weighted by molar-refractivity contribution is -0.171. The van der Waals surface area contributed by atoms with Crippen LogP contribution in [0.3, 0.4) is 0 Å². The summed E-state index contributed by atoms with van der Waals surface area (Å²) in [6, 6.07) is 0. The molecule has 0 heterocycles. The number of rotatable bonds is 35. The van der Waals surface area contributed by atoms with E-state index >= 15 is 0 Å². The first-order chi connectivity index (χ1) is 21.6. The lowest BCUT2D eigenvalue weighted by Crippen LogP contribution is -2.47. The minimum Gasteiger partial charge on any atom is -0.481 e. The van der Waals surface area contributed by atoms with Crippen LogP contribution in [0.1, 0.15) is 220 Å². The smallest absolute Gasteiger partial charge is 0.333 e. The Kier molecular flexibility index (Phi) is 29.5. The van der Waals surface area contributed by atoms with E-state index in [-0.39, 0.29) is 12.8 Å². The molecule has 0 saturated carbocycles. The highest BCUT2D eigenvalue weighted by molar-refractivity contribution is 5.85. The summed E-state index contributed by atoms with van der Waals surface area (Å²) in [5.41, 5.74) is -1.57. The second-order valence-corrected chi connectivity index (χ2v) is 15.3. The molecule has 0 aromatic carbocycles. The molecule has 0 aliphatic carbocycles. The van der Waals surface area contributed by atoms with Crippen LogP contribution in [0.15, 0.2) is 0 Å². The maximum absolute atomic E-state index is 12.3. The highest BCUT2D eigenvalue weighted by Gasteiger charge is 2.48. The van der Waals surface area contributed by atoms with Crippen molar-refractivity contribution in [2.75, 3.05) is 0 Å². The first-order valence-corrected chi connectivity index (χ1v) is 19.8. The summed E-state index contributed by atoms with van der Waals surface area (Å²) >= 11 is 0. The summed E-state index contributed by atoms with van der Waals surface area (Å²) in [6.45, 7) is 9.21. The van der Waals surface area contributed by atoms with E-state index in [0.717, 1.165) is 50.4 Å². The number of carbonyl (C=O) groups is 2. The van der Waals surface area contributed by atoms with E-state index in [0.29, 0.717) is 12.8 Å². The first kappa shape index (κ1) is 43.9. The summed E-state index contributed by atoms with van der Waals surface area (Å²) in [4.78, 5) is 24.0. The monoisotopic (exact) mass is 639 g/mol. The van der Waals surface area contributed by atoms with Crippen LogP contribution in [0.5, 0.6) is 0 Å². The van der Waals surface area contributed by atoms with Crippen molar-refractivity contribution >= 4 is 11.9 Å². The lowest BCUT2D eigenvalue weighted by Gasteiger charge is -2.32. The van der Waals surface area contributed by atoms with Crippen LogP contribution < -0.4 is 0 Å². The topological polar surface area (TPSA) is 94.8 Å². The summed E-state index contributed by atoms with van der Waals surface area (Å²) in [5.74, 6) is -0.913. The molecule has 1 atom stereocenters. The minimum absolute atomic E-state index is 0.241. The minimum atomic E-state index is -1.85. The van der Waals surface area contributed by atoms with Crippen LogP contribution in [-0.4, -0.2) is 33.4 Å². The molecule has 0 spiro atoms. The standard InChI is InChI=1S/C40H78O5/c1-35(2)31-27-23-19-15-11-7-5-9-13-17-21-25-29-33-40(39(44)45,37(41)38(42)43)34-30-26-22-18-14-10-6-8-12-16-20-24-28-32-36(3)4/h35-37,41H,5-34H2,1-4H3,(H,42,43)(H,44,45). The highest BCUT2D eigenvalue weighted by atomic mass is 16.4. The molecule has 0 aromatic heterocycles. The van der Waals surface area contributed by atoms with Crippen molar-refractivity contribution in [3.8, 4) is 0 Å². The molecule has 45 heavy (non-hydrogen) atoms. The quantitative estimate of drug-likeness (QED) is 0.0600. The molecule has 0 aliphatic heterocycles. The summed E-state index contributed by atoms with van der Waals surface area (Å²) in [5, 5.41) is 30.1. The SMILES string of the molecule is CC(C)CCCCCCCCCCCCCCCC(CCCCCCCCCCCCCCCC(C)C)(C(=O)O)C(O)C(=O)O. The van der Waals surface area contributed by atoms with Crippen LogP contribution in [0.2, 0.25) is 0 Å². The molecule has 0 bridgehead atoms. The van der Waals surface area contributed by atoms with Crippen molar-refractivity contribution in [1.82, 2.24) is 0 Å². The molecule has 0 saturated heterocycles. The van der Waals surface area contributed by atoms with E-state index < -0.39 is 23.5 Å². The van der Waals surface area contributed by atoms with Gasteiger partial charge in [0.1, 0.15) is 5.41 Å². The predicted molar refractivity (Wildman–Crippen MR) is 192 cm³/mol. The molecule has 1 unspecified atom stereocenters. The van der Waals surface area contributed by atoms with Gasteiger partial charge in [0.2, 0.25) is 0 Å². The zero-order valence-electron chi connectivity index (χ0n) is 30.6. The molecule has 0 fully saturated rings. The Labute approximate surface area is 280 Å². The zero-order valence-corrected chi connectivity index (χ0v) is 30.6. The predicted octanol–water partition coefficient (Wildman–Crippen LogP) is 12.5. The average molecular weight is 639 g/mol. The van der Waals surface area contributed by atoms with E-state index in [4.69, 9.17) is 0 Å². The highest BCUT2D eigenvalue weighted by Crippen LogP contribution is 2.36. The van der Waals surface area contributed by atoms with Gasteiger partial charge in [0, 0.05) is 0 Å². The van der Waals surface area contributed by atoms with Gasteiger partial charge < -0.3 is 15.3 Å². The maximum atomic E-state index is 12.3. The number of aliphatic carboxylic acids is 2. The molecular weight excluding hydrogens is 560 g/mol. The number of aliphatic hydroxyl groups is 1. The molecule has 0 aromatic rings. The van der Waals surface area contributed by atoms with Gasteiger partial charge in [0.05, 0.1) is 0 Å². The number of hydrogen-bond acceptors (Lipinski definition) is 3. The molecule has 0 rings (SSSR count). The van der Waals surface area contributed by atoms with Crippen molar-refractivity contribution in [3.63, 3.8) is 0 Å². The third-order valence-electron chi connectivity index (χ3n) is 9.99. The normalized spacial score (nSPS) is 12.8. The van der Waals surface area contributed by atoms with E-state index in [2.05, 4.69) is 27.7 Å². The number of unbranched alkanes of at least 4 members (excludes halogenated alkanes) is 24. The van der Waals surface area contributed by atoms with Gasteiger partial charge in [-0.25, -0.2) is 4.79 Å². The maximum Gasteiger partial charge on any atom is 0.333 e. The summed E-state index contributed by atoms with van der Waals surface area (Å²) < 4.78 is 0. The fraction of sp³-hybridized carbons (Fsp3) is 0.950. The molecule has 3 N–H and O–H groups in total. The van der Waals surface area contributed by atoms with Crippen molar-refractivity contribution in [1.29, 1.82) is 0 Å². The van der Waals surface area contributed by atoms with Gasteiger partial charge in [0.25, 0.3) is 0 Å². The van der Waals surface area contributed by atoms with Gasteiger partial charge in [-0.15, -0.1) is 0 Å². The third kappa shape index (κ3) is 25.6. The number of hydrogen-bond donors (Lipinski definition) is 3. The molecule has 0 radical (unpaired) electrons. The molecule has 5 heteroatoms. The number of carboxylic acids is 2. The van der Waals surface area contributed by atoms with Crippen molar-refractivity contribution in [3.05, 3.63) is 0 Å². The molecule has 5 nitrogen and oxygen atoms in total. The third-order valence-corrected chi connectivity index (χ3v) is 9.99. The molecule has 0 aliphatic rings. The Morgan fingerprint density at radius 3 is 0.844 bits per heavy atom. The Morgan fingerprint density at radius 2 is 0.644 bits per heavy atom. The van der Waals surface area contributed by atoms with Crippen LogP contribution >= 0.6 is 0 Å². The van der Waals surface area contributed by atoms with Crippen molar-refractivity contribution < 1.29 is 24.9 Å². The van der Waals surface area contributed by atoms with Gasteiger partial charge in [-0.1, -0.05) is 207 Å². The van der Waals surface area contributed by atoms with E-state index in [1.54, 1.807) is 0 Å². The summed E-state index contributed by atoms with van der Waals surface area (Å²) in [7, 11) is 0. The van der Waals surface area contributed by atoms with Gasteiger partial charge in [-0.3, -0.25) is 4.79 Å². The van der Waals surface area contributed by atoms with Crippen LogP contribution in [0.4, 0.5) is 0 Å². The Bertz CT molecular complexity index is 636. The number of carboxylic acid groups (broad SMARTS) is 2. The Hall–Kier alpha value is -1.10. The fourth-order valence-electron chi connectivity index (χ4n) is 6.84.